The Morgan fingerprint density at radius 2 is 1.68 bits per heavy atom. The molecule has 2 aliphatic rings. The summed E-state index contributed by atoms with van der Waals surface area (Å²) in [6.07, 6.45) is 9.89. The number of aliphatic carboxylic acids is 1. The number of allylic oxidation sites excluding steroid dienone is 1. The normalized spacial score (nSPS) is 14.8. The van der Waals surface area contributed by atoms with Gasteiger partial charge in [-0.25, -0.2) is 4.79 Å². The average molecular weight is 507 g/mol. The molecule has 0 bridgehead atoms. The predicted molar refractivity (Wildman–Crippen MR) is 150 cm³/mol. The molecule has 0 heterocycles. The summed E-state index contributed by atoms with van der Waals surface area (Å²) in [5.41, 5.74) is 10.4. The van der Waals surface area contributed by atoms with E-state index in [0.29, 0.717) is 11.5 Å². The van der Waals surface area contributed by atoms with Gasteiger partial charge in [-0.2, -0.15) is 0 Å². The molecular weight excluding hydrogens is 464 g/mol. The molecule has 2 aromatic rings. The van der Waals surface area contributed by atoms with Crippen molar-refractivity contribution in [3.8, 4) is 5.75 Å². The van der Waals surface area contributed by atoms with Crippen molar-refractivity contribution < 1.29 is 19.4 Å². The number of primary amides is 1. The van der Waals surface area contributed by atoms with Crippen molar-refractivity contribution in [2.45, 2.75) is 65.4 Å². The molecule has 6 nitrogen and oxygen atoms in total. The smallest absolute Gasteiger partial charge is 0.337 e. The number of nitrogens with two attached hydrogens (primary N) is 1. The molecule has 1 saturated carbocycles. The summed E-state index contributed by atoms with van der Waals surface area (Å²) in [6, 6.07) is 14.4. The molecule has 2 aromatic carbocycles. The maximum absolute atomic E-state index is 11.2. The average Bonchev–Trinajstić information content (AvgIpc) is 3.59. The lowest BCUT2D eigenvalue weighted by Crippen LogP contribution is -2.12. The summed E-state index contributed by atoms with van der Waals surface area (Å²) in [4.78, 5) is 23.4. The number of amides is 1. The zero-order valence-electron chi connectivity index (χ0n) is 23.0. The van der Waals surface area contributed by atoms with Crippen LogP contribution < -0.4 is 10.5 Å². The molecule has 37 heavy (non-hydrogen) atoms. The summed E-state index contributed by atoms with van der Waals surface area (Å²) >= 11 is 0. The van der Waals surface area contributed by atoms with Crippen LogP contribution in [0.1, 0.15) is 73.5 Å². The van der Waals surface area contributed by atoms with Crippen molar-refractivity contribution in [3.05, 3.63) is 88.6 Å². The molecule has 0 atom stereocenters. The van der Waals surface area contributed by atoms with Gasteiger partial charge in [-0.3, -0.25) is 4.79 Å². The van der Waals surface area contributed by atoms with E-state index in [0.717, 1.165) is 11.7 Å². The van der Waals surface area contributed by atoms with Crippen LogP contribution in [0.5, 0.6) is 5.75 Å². The highest BCUT2D eigenvalue weighted by molar-refractivity contribution is 5.93. The summed E-state index contributed by atoms with van der Waals surface area (Å²) in [7, 11) is 3.57. The molecule has 0 radical (unpaired) electrons. The van der Waals surface area contributed by atoms with Gasteiger partial charge in [0.15, 0.2) is 0 Å². The number of carbonyl (C=O) groups excluding carboxylic acids is 1. The Morgan fingerprint density at radius 1 is 1.08 bits per heavy atom. The summed E-state index contributed by atoms with van der Waals surface area (Å²) in [5, 5.41) is 8.61. The second kappa shape index (κ2) is 14.3. The Hall–Kier alpha value is -3.54. The zero-order chi connectivity index (χ0) is 27.5. The van der Waals surface area contributed by atoms with Crippen molar-refractivity contribution in [1.82, 2.24) is 4.90 Å². The maximum atomic E-state index is 11.2. The van der Waals surface area contributed by atoms with Crippen molar-refractivity contribution in [3.63, 3.8) is 0 Å². The van der Waals surface area contributed by atoms with Gasteiger partial charge in [-0.1, -0.05) is 43.3 Å². The Morgan fingerprint density at radius 3 is 2.11 bits per heavy atom. The Labute approximate surface area is 221 Å². The molecule has 1 amide bonds. The van der Waals surface area contributed by atoms with Gasteiger partial charge in [0.05, 0.1) is 11.7 Å². The number of fused-ring (bicyclic) bond motifs is 1. The Balaban J connectivity index is 0.000000203. The predicted octanol–water partition coefficient (Wildman–Crippen LogP) is 5.96. The summed E-state index contributed by atoms with van der Waals surface area (Å²) in [6.45, 7) is 8.04. The van der Waals surface area contributed by atoms with Crippen LogP contribution in [0, 0.1) is 5.92 Å². The van der Waals surface area contributed by atoms with Crippen LogP contribution in [0.4, 0.5) is 0 Å². The molecule has 0 aliphatic heterocycles. The highest BCUT2D eigenvalue weighted by atomic mass is 16.5. The first kappa shape index (κ1) is 29.7. The maximum Gasteiger partial charge on any atom is 0.337 e. The van der Waals surface area contributed by atoms with Crippen LogP contribution in [0.25, 0.3) is 0 Å². The molecule has 4 rings (SSSR count). The van der Waals surface area contributed by atoms with Gasteiger partial charge < -0.3 is 20.5 Å². The minimum atomic E-state index is -0.906. The van der Waals surface area contributed by atoms with E-state index in [1.807, 2.05) is 26.0 Å². The number of carboxylic acids is 1. The topological polar surface area (TPSA) is 92.9 Å². The van der Waals surface area contributed by atoms with Crippen molar-refractivity contribution in [2.75, 3.05) is 14.1 Å². The van der Waals surface area contributed by atoms with E-state index >= 15 is 0 Å². The number of hydrogen-bond acceptors (Lipinski definition) is 4. The number of carbonyl (C=O) groups is 2. The second-order valence-electron chi connectivity index (χ2n) is 10.2. The molecule has 1 fully saturated rings. The van der Waals surface area contributed by atoms with E-state index in [1.54, 1.807) is 61.5 Å². The van der Waals surface area contributed by atoms with Gasteiger partial charge in [-0.15, -0.1) is 0 Å². The molecule has 3 N–H and O–H groups in total. The Bertz CT molecular complexity index is 1090. The molecule has 0 aromatic heterocycles. The van der Waals surface area contributed by atoms with Crippen LogP contribution in [0.3, 0.4) is 0 Å². The molecule has 200 valence electrons. The van der Waals surface area contributed by atoms with Crippen molar-refractivity contribution in [1.29, 1.82) is 0 Å². The highest BCUT2D eigenvalue weighted by Crippen LogP contribution is 2.41. The van der Waals surface area contributed by atoms with Crippen LogP contribution in [0.2, 0.25) is 0 Å². The standard InChI is InChI=1S/C13H17NO2.C10H12.C8H13NO2/c1-8(2)16-12-6-10(9-3-4-9)5-11(7-12)13(14)15;1-8-6-9-4-2-3-5-10(9)7-8;1-4-5-7(8(10)11)6-9(2)3/h5-9H,3-4H2,1-2H3,(H2,14,15);2-5,8H,6-7H2,1H3;4-6H,1-3H3,(H,10,11)/b;;5-4-,7-6+. The third kappa shape index (κ3) is 10.5. The molecule has 0 spiro atoms. The number of benzene rings is 2. The molecule has 6 heteroatoms. The first-order valence-electron chi connectivity index (χ1n) is 12.9. The number of nitrogens with zero attached hydrogens (tertiary/aromatic N) is 1. The van der Waals surface area contributed by atoms with E-state index < -0.39 is 11.9 Å². The molecule has 0 unspecified atom stereocenters. The van der Waals surface area contributed by atoms with Gasteiger partial charge in [0.1, 0.15) is 5.75 Å². The fourth-order valence-electron chi connectivity index (χ4n) is 4.16. The first-order chi connectivity index (χ1) is 17.5. The summed E-state index contributed by atoms with van der Waals surface area (Å²) < 4.78 is 5.62. The molecule has 2 aliphatic carbocycles. The van der Waals surface area contributed by atoms with E-state index in [1.165, 1.54) is 31.2 Å². The zero-order valence-corrected chi connectivity index (χ0v) is 23.0. The largest absolute Gasteiger partial charge is 0.491 e. The minimum Gasteiger partial charge on any atom is -0.491 e. The lowest BCUT2D eigenvalue weighted by atomic mass is 10.1. The van der Waals surface area contributed by atoms with Crippen LogP contribution in [-0.2, 0) is 17.6 Å². The number of rotatable bonds is 7. The van der Waals surface area contributed by atoms with Gasteiger partial charge in [0.25, 0.3) is 0 Å². The highest BCUT2D eigenvalue weighted by Gasteiger charge is 2.25. The van der Waals surface area contributed by atoms with Crippen LogP contribution in [0.15, 0.2) is 66.4 Å². The van der Waals surface area contributed by atoms with E-state index in [9.17, 15) is 9.59 Å². The van der Waals surface area contributed by atoms with Crippen molar-refractivity contribution in [2.24, 2.45) is 11.7 Å². The van der Waals surface area contributed by atoms with Gasteiger partial charge in [0, 0.05) is 25.9 Å². The van der Waals surface area contributed by atoms with Crippen LogP contribution >= 0.6 is 0 Å². The first-order valence-corrected chi connectivity index (χ1v) is 12.9. The minimum absolute atomic E-state index is 0.107. The van der Waals surface area contributed by atoms with Gasteiger partial charge in [0.2, 0.25) is 5.91 Å². The SMILES string of the molecule is C/C=C\C(=C/N(C)C)C(=O)O.CC(C)Oc1cc(C(N)=O)cc(C2CC2)c1.CC1Cc2ccccc2C1. The third-order valence-corrected chi connectivity index (χ3v) is 5.88. The number of ether oxygens (including phenoxy) is 1. The Kier molecular flexibility index (Phi) is 11.4. The monoisotopic (exact) mass is 506 g/mol. The third-order valence-electron chi connectivity index (χ3n) is 5.88. The molecular formula is C31H42N2O4. The quantitative estimate of drug-likeness (QED) is 0.357. The second-order valence-corrected chi connectivity index (χ2v) is 10.2. The van der Waals surface area contributed by atoms with E-state index in [-0.39, 0.29) is 11.7 Å². The lowest BCUT2D eigenvalue weighted by Gasteiger charge is -2.12. The van der Waals surface area contributed by atoms with Crippen molar-refractivity contribution >= 4 is 11.9 Å². The van der Waals surface area contributed by atoms with Crippen LogP contribution in [-0.4, -0.2) is 42.1 Å². The fourth-order valence-corrected chi connectivity index (χ4v) is 4.16. The van der Waals surface area contributed by atoms with E-state index in [4.69, 9.17) is 15.6 Å². The van der Waals surface area contributed by atoms with Gasteiger partial charge in [-0.05, 0) is 93.2 Å². The fraction of sp³-hybridized carbons (Fsp3) is 0.419. The van der Waals surface area contributed by atoms with E-state index in [2.05, 4.69) is 31.2 Å². The number of hydrogen-bond donors (Lipinski definition) is 2. The van der Waals surface area contributed by atoms with Gasteiger partial charge >= 0.3 is 5.97 Å². The molecule has 0 saturated heterocycles. The lowest BCUT2D eigenvalue weighted by molar-refractivity contribution is -0.132. The number of carboxylic acid groups (broad SMARTS) is 1. The summed E-state index contributed by atoms with van der Waals surface area (Å²) in [5.74, 6) is 0.910.